The third kappa shape index (κ3) is 3.12. The van der Waals surface area contributed by atoms with E-state index in [0.29, 0.717) is 5.69 Å². The van der Waals surface area contributed by atoms with Crippen LogP contribution in [0.15, 0.2) is 10.9 Å². The quantitative estimate of drug-likeness (QED) is 0.800. The summed E-state index contributed by atoms with van der Waals surface area (Å²) in [5, 5.41) is 9.90. The molecule has 0 aliphatic rings. The molecule has 5 heteroatoms. The van der Waals surface area contributed by atoms with Crippen molar-refractivity contribution in [2.45, 2.75) is 33.1 Å². The molecule has 1 aromatic heterocycles. The monoisotopic (exact) mass is 253 g/mol. The van der Waals surface area contributed by atoms with Crippen molar-refractivity contribution in [3.8, 4) is 5.75 Å². The van der Waals surface area contributed by atoms with E-state index in [1.165, 1.54) is 13.2 Å². The number of carbonyl (C=O) groups is 1. The number of hydrogen-bond donors (Lipinski definition) is 2. The number of aromatic amines is 1. The molecule has 1 rings (SSSR count). The molecule has 5 nitrogen and oxygen atoms in total. The van der Waals surface area contributed by atoms with E-state index in [2.05, 4.69) is 9.72 Å². The summed E-state index contributed by atoms with van der Waals surface area (Å²) in [6.45, 7) is 5.48. The van der Waals surface area contributed by atoms with Crippen LogP contribution in [0.25, 0.3) is 0 Å². The number of hydrogen-bond acceptors (Lipinski definition) is 4. The molecule has 1 atom stereocenters. The number of ether oxygens (including phenoxy) is 1. The number of H-pyrrole nitrogens is 1. The van der Waals surface area contributed by atoms with E-state index < -0.39 is 5.97 Å². The SMILES string of the molecule is COC(=O)CC(c1c(O)cc(C)[nH]c1=O)C(C)C. The molecule has 0 amide bonds. The summed E-state index contributed by atoms with van der Waals surface area (Å²) in [5.41, 5.74) is 0.484. The summed E-state index contributed by atoms with van der Waals surface area (Å²) >= 11 is 0. The van der Waals surface area contributed by atoms with Crippen molar-refractivity contribution < 1.29 is 14.6 Å². The first-order valence-corrected chi connectivity index (χ1v) is 5.86. The van der Waals surface area contributed by atoms with E-state index in [9.17, 15) is 14.7 Å². The van der Waals surface area contributed by atoms with Gasteiger partial charge in [0.25, 0.3) is 5.56 Å². The lowest BCUT2D eigenvalue weighted by Crippen LogP contribution is -2.23. The Morgan fingerprint density at radius 1 is 1.50 bits per heavy atom. The maximum Gasteiger partial charge on any atom is 0.306 e. The molecular weight excluding hydrogens is 234 g/mol. The Morgan fingerprint density at radius 3 is 2.56 bits per heavy atom. The fourth-order valence-corrected chi connectivity index (χ4v) is 1.97. The molecule has 0 saturated carbocycles. The van der Waals surface area contributed by atoms with Gasteiger partial charge in [0.1, 0.15) is 5.75 Å². The number of nitrogens with one attached hydrogen (secondary N) is 1. The standard InChI is InChI=1S/C13H19NO4/c1-7(2)9(6-11(16)18-4)12-10(15)5-8(3)14-13(12)17/h5,7,9H,6H2,1-4H3,(H2,14,15,17). The molecule has 1 unspecified atom stereocenters. The van der Waals surface area contributed by atoms with Crippen molar-refractivity contribution in [2.75, 3.05) is 7.11 Å². The number of pyridine rings is 1. The minimum absolute atomic E-state index is 0.0406. The van der Waals surface area contributed by atoms with E-state index in [4.69, 9.17) is 0 Å². The largest absolute Gasteiger partial charge is 0.507 e. The van der Waals surface area contributed by atoms with Gasteiger partial charge in [0.05, 0.1) is 19.1 Å². The van der Waals surface area contributed by atoms with Gasteiger partial charge in [0, 0.05) is 11.6 Å². The zero-order chi connectivity index (χ0) is 13.9. The van der Waals surface area contributed by atoms with E-state index in [1.54, 1.807) is 6.92 Å². The van der Waals surface area contributed by atoms with Gasteiger partial charge in [-0.3, -0.25) is 9.59 Å². The molecule has 18 heavy (non-hydrogen) atoms. The zero-order valence-corrected chi connectivity index (χ0v) is 11.1. The van der Waals surface area contributed by atoms with Gasteiger partial charge >= 0.3 is 5.97 Å². The van der Waals surface area contributed by atoms with Crippen LogP contribution in [0.5, 0.6) is 5.75 Å². The average Bonchev–Trinajstić information content (AvgIpc) is 2.25. The molecule has 1 heterocycles. The first-order valence-electron chi connectivity index (χ1n) is 5.86. The Bertz CT molecular complexity index is 490. The van der Waals surface area contributed by atoms with Gasteiger partial charge in [-0.2, -0.15) is 0 Å². The lowest BCUT2D eigenvalue weighted by atomic mass is 9.86. The van der Waals surface area contributed by atoms with E-state index >= 15 is 0 Å². The Kier molecular flexibility index (Phi) is 4.53. The normalized spacial score (nSPS) is 12.5. The van der Waals surface area contributed by atoms with Crippen LogP contribution < -0.4 is 5.56 Å². The van der Waals surface area contributed by atoms with Crippen molar-refractivity contribution >= 4 is 5.97 Å². The fourth-order valence-electron chi connectivity index (χ4n) is 1.97. The molecule has 0 spiro atoms. The average molecular weight is 253 g/mol. The molecule has 0 bridgehead atoms. The maximum absolute atomic E-state index is 11.9. The molecule has 1 aromatic rings. The van der Waals surface area contributed by atoms with Crippen LogP contribution in [0, 0.1) is 12.8 Å². The van der Waals surface area contributed by atoms with Gasteiger partial charge in [-0.15, -0.1) is 0 Å². The van der Waals surface area contributed by atoms with Crippen LogP contribution in [0.2, 0.25) is 0 Å². The molecule has 0 aromatic carbocycles. The third-order valence-electron chi connectivity index (χ3n) is 2.97. The lowest BCUT2D eigenvalue weighted by Gasteiger charge is -2.20. The van der Waals surface area contributed by atoms with Gasteiger partial charge < -0.3 is 14.8 Å². The highest BCUT2D eigenvalue weighted by molar-refractivity contribution is 5.70. The minimum Gasteiger partial charge on any atom is -0.507 e. The second kappa shape index (κ2) is 5.71. The van der Waals surface area contributed by atoms with Crippen LogP contribution >= 0.6 is 0 Å². The number of aromatic hydroxyl groups is 1. The lowest BCUT2D eigenvalue weighted by molar-refractivity contribution is -0.141. The van der Waals surface area contributed by atoms with E-state index in [-0.39, 0.29) is 35.1 Å². The molecular formula is C13H19NO4. The van der Waals surface area contributed by atoms with Gasteiger partial charge in [0.2, 0.25) is 0 Å². The first kappa shape index (κ1) is 14.3. The Balaban J connectivity index is 3.22. The molecule has 0 saturated heterocycles. The van der Waals surface area contributed by atoms with E-state index in [1.807, 2.05) is 13.8 Å². The molecule has 2 N–H and O–H groups in total. The van der Waals surface area contributed by atoms with Gasteiger partial charge in [-0.05, 0) is 18.9 Å². The van der Waals surface area contributed by atoms with Crippen molar-refractivity contribution in [1.82, 2.24) is 4.98 Å². The fraction of sp³-hybridized carbons (Fsp3) is 0.538. The summed E-state index contributed by atoms with van der Waals surface area (Å²) in [7, 11) is 1.30. The molecule has 0 radical (unpaired) electrons. The predicted molar refractivity (Wildman–Crippen MR) is 67.7 cm³/mol. The molecule has 0 aliphatic heterocycles. The van der Waals surface area contributed by atoms with Gasteiger partial charge in [-0.1, -0.05) is 13.8 Å². The maximum atomic E-state index is 11.9. The van der Waals surface area contributed by atoms with Crippen LogP contribution in [0.3, 0.4) is 0 Å². The summed E-state index contributed by atoms with van der Waals surface area (Å²) in [6, 6.07) is 1.49. The van der Waals surface area contributed by atoms with Crippen LogP contribution in [0.1, 0.15) is 37.4 Å². The van der Waals surface area contributed by atoms with Gasteiger partial charge in [0.15, 0.2) is 0 Å². The molecule has 0 fully saturated rings. The highest BCUT2D eigenvalue weighted by atomic mass is 16.5. The number of rotatable bonds is 4. The second-order valence-electron chi connectivity index (χ2n) is 4.71. The van der Waals surface area contributed by atoms with Crippen LogP contribution in [0.4, 0.5) is 0 Å². The number of aryl methyl sites for hydroxylation is 1. The van der Waals surface area contributed by atoms with Crippen molar-refractivity contribution in [1.29, 1.82) is 0 Å². The Hall–Kier alpha value is -1.78. The first-order chi connectivity index (χ1) is 8.36. The number of carbonyl (C=O) groups excluding carboxylic acids is 1. The Morgan fingerprint density at radius 2 is 2.11 bits per heavy atom. The highest BCUT2D eigenvalue weighted by Crippen LogP contribution is 2.31. The van der Waals surface area contributed by atoms with Crippen LogP contribution in [-0.2, 0) is 9.53 Å². The minimum atomic E-state index is -0.395. The number of esters is 1. The van der Waals surface area contributed by atoms with Crippen molar-refractivity contribution in [2.24, 2.45) is 5.92 Å². The zero-order valence-electron chi connectivity index (χ0n) is 11.1. The summed E-state index contributed by atoms with van der Waals surface area (Å²) in [6.07, 6.45) is 0.0772. The van der Waals surface area contributed by atoms with Crippen molar-refractivity contribution in [3.63, 3.8) is 0 Å². The third-order valence-corrected chi connectivity index (χ3v) is 2.97. The molecule has 0 aliphatic carbocycles. The van der Waals surface area contributed by atoms with Crippen molar-refractivity contribution in [3.05, 3.63) is 27.7 Å². The second-order valence-corrected chi connectivity index (χ2v) is 4.71. The number of aromatic nitrogens is 1. The molecule has 100 valence electrons. The topological polar surface area (TPSA) is 79.4 Å². The number of methoxy groups -OCH3 is 1. The highest BCUT2D eigenvalue weighted by Gasteiger charge is 2.25. The summed E-state index contributed by atoms with van der Waals surface area (Å²) < 4.78 is 4.62. The smallest absolute Gasteiger partial charge is 0.306 e. The van der Waals surface area contributed by atoms with Crippen LogP contribution in [-0.4, -0.2) is 23.2 Å². The summed E-state index contributed by atoms with van der Waals surface area (Å²) in [4.78, 5) is 25.9. The van der Waals surface area contributed by atoms with E-state index in [0.717, 1.165) is 0 Å². The summed E-state index contributed by atoms with van der Waals surface area (Å²) in [5.74, 6) is -0.785. The predicted octanol–water partition coefficient (Wildman–Crippen LogP) is 1.69. The Labute approximate surface area is 106 Å². The van der Waals surface area contributed by atoms with Gasteiger partial charge in [-0.25, -0.2) is 0 Å².